The van der Waals surface area contributed by atoms with Crippen molar-refractivity contribution in [2.75, 3.05) is 6.54 Å². The maximum absolute atomic E-state index is 13.3. The highest BCUT2D eigenvalue weighted by Crippen LogP contribution is 2.29. The predicted octanol–water partition coefficient (Wildman–Crippen LogP) is 5.46. The maximum Gasteiger partial charge on any atom is 0.233 e. The molecule has 0 fully saturated rings. The molecule has 0 saturated heterocycles. The van der Waals surface area contributed by atoms with E-state index in [4.69, 9.17) is 0 Å². The molecule has 2 aromatic carbocycles. The lowest BCUT2D eigenvalue weighted by Crippen LogP contribution is -2.42. The van der Waals surface area contributed by atoms with Crippen LogP contribution in [-0.2, 0) is 11.3 Å². The van der Waals surface area contributed by atoms with Crippen LogP contribution in [0.5, 0.6) is 0 Å². The first kappa shape index (κ1) is 18.9. The van der Waals surface area contributed by atoms with Gasteiger partial charge >= 0.3 is 0 Å². The van der Waals surface area contributed by atoms with Crippen molar-refractivity contribution in [3.8, 4) is 0 Å². The number of carbonyl (C=O) groups excluding carboxylic acids is 1. The number of allylic oxidation sites excluding steroid dienone is 3. The highest BCUT2D eigenvalue weighted by Gasteiger charge is 2.34. The van der Waals surface area contributed by atoms with Crippen molar-refractivity contribution in [1.82, 2.24) is 4.90 Å². The molecule has 0 aliphatic heterocycles. The fraction of sp³-hybridized carbons (Fsp3) is 0.200. The smallest absolute Gasteiger partial charge is 0.233 e. The second-order valence-corrected chi connectivity index (χ2v) is 7.01. The van der Waals surface area contributed by atoms with E-state index < -0.39 is 5.41 Å². The van der Waals surface area contributed by atoms with Crippen LogP contribution in [0.4, 0.5) is 0 Å². The zero-order chi connectivity index (χ0) is 19.0. The minimum atomic E-state index is -0.577. The van der Waals surface area contributed by atoms with Crippen LogP contribution >= 0.6 is 0 Å². The Bertz CT molecular complexity index is 820. The van der Waals surface area contributed by atoms with E-state index >= 15 is 0 Å². The van der Waals surface area contributed by atoms with E-state index in [1.807, 2.05) is 78.9 Å². The van der Waals surface area contributed by atoms with Crippen molar-refractivity contribution in [2.24, 2.45) is 5.41 Å². The molecule has 0 saturated carbocycles. The third-order valence-corrected chi connectivity index (χ3v) is 4.75. The molecular formula is C25H26NO. The van der Waals surface area contributed by atoms with Gasteiger partial charge < -0.3 is 4.90 Å². The summed E-state index contributed by atoms with van der Waals surface area (Å²) in [5.74, 6) is 0.139. The topological polar surface area (TPSA) is 20.3 Å². The molecule has 2 aromatic rings. The van der Waals surface area contributed by atoms with Crippen LogP contribution in [-0.4, -0.2) is 17.4 Å². The van der Waals surface area contributed by atoms with E-state index in [1.165, 1.54) is 5.56 Å². The van der Waals surface area contributed by atoms with Gasteiger partial charge in [0.05, 0.1) is 5.41 Å². The second-order valence-electron chi connectivity index (χ2n) is 7.01. The number of hydrogen-bond donors (Lipinski definition) is 0. The van der Waals surface area contributed by atoms with Gasteiger partial charge in [-0.2, -0.15) is 0 Å². The number of rotatable bonds is 7. The molecule has 1 aliphatic rings. The maximum atomic E-state index is 13.3. The largest absolute Gasteiger partial charge is 0.337 e. The highest BCUT2D eigenvalue weighted by atomic mass is 16.2. The van der Waals surface area contributed by atoms with Crippen LogP contribution in [0.25, 0.3) is 6.08 Å². The lowest BCUT2D eigenvalue weighted by atomic mass is 9.82. The van der Waals surface area contributed by atoms with Crippen LogP contribution in [0.3, 0.4) is 0 Å². The Morgan fingerprint density at radius 3 is 2.33 bits per heavy atom. The van der Waals surface area contributed by atoms with E-state index in [2.05, 4.69) is 36.4 Å². The Labute approximate surface area is 162 Å². The Morgan fingerprint density at radius 1 is 0.963 bits per heavy atom. The monoisotopic (exact) mass is 356 g/mol. The van der Waals surface area contributed by atoms with Crippen LogP contribution in [0.15, 0.2) is 91.0 Å². The normalized spacial score (nSPS) is 18.7. The number of benzene rings is 2. The third kappa shape index (κ3) is 5.30. The van der Waals surface area contributed by atoms with Gasteiger partial charge in [-0.1, -0.05) is 97.1 Å². The molecule has 27 heavy (non-hydrogen) atoms. The summed E-state index contributed by atoms with van der Waals surface area (Å²) in [4.78, 5) is 15.2. The quantitative estimate of drug-likeness (QED) is 0.645. The van der Waals surface area contributed by atoms with Gasteiger partial charge in [-0.3, -0.25) is 4.79 Å². The van der Waals surface area contributed by atoms with Crippen molar-refractivity contribution >= 4 is 12.0 Å². The molecular weight excluding hydrogens is 330 g/mol. The molecule has 1 aliphatic carbocycles. The lowest BCUT2D eigenvalue weighted by molar-refractivity contribution is -0.137. The Balaban J connectivity index is 1.69. The molecule has 0 N–H and O–H groups in total. The van der Waals surface area contributed by atoms with Gasteiger partial charge in [-0.25, -0.2) is 0 Å². The second kappa shape index (κ2) is 9.18. The molecule has 2 nitrogen and oxygen atoms in total. The summed E-state index contributed by atoms with van der Waals surface area (Å²) in [6.07, 6.45) is 14.9. The molecule has 1 atom stereocenters. The van der Waals surface area contributed by atoms with Crippen molar-refractivity contribution in [2.45, 2.75) is 19.9 Å². The lowest BCUT2D eigenvalue weighted by Gasteiger charge is -2.33. The zero-order valence-corrected chi connectivity index (χ0v) is 15.8. The van der Waals surface area contributed by atoms with E-state index in [0.29, 0.717) is 13.1 Å². The molecule has 137 valence electrons. The number of nitrogens with zero attached hydrogens (tertiary/aromatic N) is 1. The minimum Gasteiger partial charge on any atom is -0.337 e. The van der Waals surface area contributed by atoms with Crippen molar-refractivity contribution in [3.05, 3.63) is 109 Å². The van der Waals surface area contributed by atoms with Crippen molar-refractivity contribution in [1.29, 1.82) is 0 Å². The summed E-state index contributed by atoms with van der Waals surface area (Å²) in [5.41, 5.74) is 1.75. The number of carbonyl (C=O) groups is 1. The summed E-state index contributed by atoms with van der Waals surface area (Å²) in [6, 6.07) is 20.4. The molecule has 0 aromatic heterocycles. The molecule has 1 unspecified atom stereocenters. The van der Waals surface area contributed by atoms with E-state index in [1.54, 1.807) is 0 Å². The fourth-order valence-electron chi connectivity index (χ4n) is 3.18. The van der Waals surface area contributed by atoms with Gasteiger partial charge in [-0.15, -0.1) is 0 Å². The first-order valence-electron chi connectivity index (χ1n) is 9.43. The molecule has 1 amide bonds. The summed E-state index contributed by atoms with van der Waals surface area (Å²) in [5, 5.41) is 0. The molecule has 0 heterocycles. The summed E-state index contributed by atoms with van der Waals surface area (Å²) >= 11 is 0. The number of amides is 1. The average Bonchev–Trinajstić information content (AvgIpc) is 2.72. The van der Waals surface area contributed by atoms with Crippen LogP contribution in [0, 0.1) is 11.8 Å². The van der Waals surface area contributed by atoms with Crippen molar-refractivity contribution < 1.29 is 4.79 Å². The standard InChI is InChI=1S/C25H26NO/c1-25(18-10-4-11-19-25)24(27)26(21-23-16-7-3-8-17-23)20-12-9-15-22-13-5-2-6-14-22/h2-11,13-19H,12,20-21H2,1H3/b15-9+. The Kier molecular flexibility index (Phi) is 6.43. The summed E-state index contributed by atoms with van der Waals surface area (Å²) in [6.45, 7) is 3.30. The highest BCUT2D eigenvalue weighted by molar-refractivity contribution is 5.86. The van der Waals surface area contributed by atoms with Crippen LogP contribution in [0.2, 0.25) is 0 Å². The first-order chi connectivity index (χ1) is 13.2. The van der Waals surface area contributed by atoms with Gasteiger partial charge in [0, 0.05) is 19.5 Å². The molecule has 3 rings (SSSR count). The van der Waals surface area contributed by atoms with Crippen LogP contribution in [0.1, 0.15) is 24.5 Å². The van der Waals surface area contributed by atoms with Gasteiger partial charge in [0.2, 0.25) is 5.91 Å². The van der Waals surface area contributed by atoms with Gasteiger partial charge in [-0.05, 0) is 24.5 Å². The predicted molar refractivity (Wildman–Crippen MR) is 113 cm³/mol. The van der Waals surface area contributed by atoms with Crippen molar-refractivity contribution in [3.63, 3.8) is 0 Å². The van der Waals surface area contributed by atoms with Gasteiger partial charge in [0.15, 0.2) is 0 Å². The summed E-state index contributed by atoms with van der Waals surface area (Å²) < 4.78 is 0. The molecule has 0 bridgehead atoms. The summed E-state index contributed by atoms with van der Waals surface area (Å²) in [7, 11) is 0. The first-order valence-corrected chi connectivity index (χ1v) is 9.43. The Morgan fingerprint density at radius 2 is 1.67 bits per heavy atom. The number of hydrogen-bond acceptors (Lipinski definition) is 1. The third-order valence-electron chi connectivity index (χ3n) is 4.75. The molecule has 2 heteroatoms. The van der Waals surface area contributed by atoms with Gasteiger partial charge in [0.1, 0.15) is 0 Å². The fourth-order valence-corrected chi connectivity index (χ4v) is 3.18. The van der Waals surface area contributed by atoms with E-state index in [9.17, 15) is 4.79 Å². The molecule has 1 radical (unpaired) electrons. The van der Waals surface area contributed by atoms with Crippen LogP contribution < -0.4 is 0 Å². The van der Waals surface area contributed by atoms with E-state index in [0.717, 1.165) is 12.0 Å². The zero-order valence-electron chi connectivity index (χ0n) is 15.8. The van der Waals surface area contributed by atoms with E-state index in [-0.39, 0.29) is 5.91 Å². The Hall–Kier alpha value is -2.87. The minimum absolute atomic E-state index is 0.139. The molecule has 0 spiro atoms. The SMILES string of the molecule is CC1(C(=O)N(CC/C=C/c2ccccc2)Cc2ccccc2)[CH]C=CC=C1. The average molecular weight is 356 g/mol. The van der Waals surface area contributed by atoms with Gasteiger partial charge in [0.25, 0.3) is 0 Å².